The van der Waals surface area contributed by atoms with Gasteiger partial charge in [0.1, 0.15) is 5.82 Å². The molecular weight excluding hydrogens is 361 g/mol. The standard InChI is InChI=1S/C18H17BrFNO2/c1-18(2)9-12-7-11(17(22)23)4-6-15(12)21-16(18)10-3-5-14(20)13(19)8-10/h3-8,16,21H,9H2,1-2H3,(H,22,23). The van der Waals surface area contributed by atoms with Gasteiger partial charge in [0.15, 0.2) is 0 Å². The van der Waals surface area contributed by atoms with E-state index in [1.165, 1.54) is 6.07 Å². The van der Waals surface area contributed by atoms with Crippen molar-refractivity contribution in [3.05, 3.63) is 63.4 Å². The zero-order valence-corrected chi connectivity index (χ0v) is 14.4. The first-order valence-corrected chi connectivity index (χ1v) is 8.15. The summed E-state index contributed by atoms with van der Waals surface area (Å²) < 4.78 is 13.9. The van der Waals surface area contributed by atoms with E-state index in [0.29, 0.717) is 10.0 Å². The van der Waals surface area contributed by atoms with Crippen molar-refractivity contribution in [1.82, 2.24) is 0 Å². The monoisotopic (exact) mass is 377 g/mol. The normalized spacial score (nSPS) is 18.9. The van der Waals surface area contributed by atoms with E-state index in [-0.39, 0.29) is 17.3 Å². The van der Waals surface area contributed by atoms with Crippen molar-refractivity contribution in [3.8, 4) is 0 Å². The summed E-state index contributed by atoms with van der Waals surface area (Å²) >= 11 is 3.24. The summed E-state index contributed by atoms with van der Waals surface area (Å²) in [6.07, 6.45) is 0.746. The van der Waals surface area contributed by atoms with Crippen molar-refractivity contribution in [1.29, 1.82) is 0 Å². The average molecular weight is 378 g/mol. The lowest BCUT2D eigenvalue weighted by Crippen LogP contribution is -2.35. The molecule has 3 nitrogen and oxygen atoms in total. The molecule has 0 fully saturated rings. The minimum Gasteiger partial charge on any atom is -0.478 e. The molecule has 0 radical (unpaired) electrons. The maximum absolute atomic E-state index is 13.5. The predicted molar refractivity (Wildman–Crippen MR) is 91.4 cm³/mol. The van der Waals surface area contributed by atoms with Crippen LogP contribution in [0.4, 0.5) is 10.1 Å². The number of hydrogen-bond acceptors (Lipinski definition) is 2. The Hall–Kier alpha value is -1.88. The third kappa shape index (κ3) is 2.98. The second-order valence-electron chi connectivity index (χ2n) is 6.59. The lowest BCUT2D eigenvalue weighted by molar-refractivity contribution is 0.0696. The predicted octanol–water partition coefficient (Wildman–Crippen LogP) is 5.02. The molecule has 0 aliphatic carbocycles. The van der Waals surface area contributed by atoms with Crippen LogP contribution in [0.25, 0.3) is 0 Å². The highest BCUT2D eigenvalue weighted by Gasteiger charge is 2.36. The summed E-state index contributed by atoms with van der Waals surface area (Å²) in [7, 11) is 0. The fourth-order valence-corrected chi connectivity index (χ4v) is 3.58. The van der Waals surface area contributed by atoms with Gasteiger partial charge in [-0.15, -0.1) is 0 Å². The number of hydrogen-bond donors (Lipinski definition) is 2. The topological polar surface area (TPSA) is 49.3 Å². The molecule has 2 N–H and O–H groups in total. The Morgan fingerprint density at radius 1 is 1.30 bits per heavy atom. The first kappa shape index (κ1) is 16.0. The molecular formula is C18H17BrFNO2. The maximum atomic E-state index is 13.5. The molecule has 120 valence electrons. The number of fused-ring (bicyclic) bond motifs is 1. The summed E-state index contributed by atoms with van der Waals surface area (Å²) in [6.45, 7) is 4.25. The Bertz CT molecular complexity index is 789. The molecule has 0 bridgehead atoms. The lowest BCUT2D eigenvalue weighted by Gasteiger charge is -2.41. The summed E-state index contributed by atoms with van der Waals surface area (Å²) in [6, 6.07) is 10.2. The molecule has 0 spiro atoms. The Labute approximate surface area is 142 Å². The highest BCUT2D eigenvalue weighted by atomic mass is 79.9. The van der Waals surface area contributed by atoms with Crippen LogP contribution in [-0.4, -0.2) is 11.1 Å². The number of benzene rings is 2. The highest BCUT2D eigenvalue weighted by molar-refractivity contribution is 9.10. The minimum absolute atomic E-state index is 0.0163. The minimum atomic E-state index is -0.921. The van der Waals surface area contributed by atoms with Gasteiger partial charge in [-0.05, 0) is 69.2 Å². The van der Waals surface area contributed by atoms with Gasteiger partial charge < -0.3 is 10.4 Å². The van der Waals surface area contributed by atoms with Gasteiger partial charge in [-0.1, -0.05) is 19.9 Å². The van der Waals surface area contributed by atoms with Gasteiger partial charge in [-0.2, -0.15) is 0 Å². The third-order valence-electron chi connectivity index (χ3n) is 4.36. The smallest absolute Gasteiger partial charge is 0.335 e. The number of anilines is 1. The van der Waals surface area contributed by atoms with E-state index in [0.717, 1.165) is 23.2 Å². The number of rotatable bonds is 2. The van der Waals surface area contributed by atoms with Gasteiger partial charge >= 0.3 is 5.97 Å². The van der Waals surface area contributed by atoms with Crippen LogP contribution in [0.15, 0.2) is 40.9 Å². The van der Waals surface area contributed by atoms with Crippen LogP contribution in [0.1, 0.15) is 41.4 Å². The number of aromatic carboxylic acids is 1. The van der Waals surface area contributed by atoms with Crippen molar-refractivity contribution < 1.29 is 14.3 Å². The molecule has 1 atom stereocenters. The van der Waals surface area contributed by atoms with Gasteiger partial charge in [-0.3, -0.25) is 0 Å². The molecule has 3 rings (SSSR count). The zero-order chi connectivity index (χ0) is 16.8. The molecule has 1 heterocycles. The van der Waals surface area contributed by atoms with Crippen LogP contribution >= 0.6 is 15.9 Å². The molecule has 1 aliphatic heterocycles. The molecule has 23 heavy (non-hydrogen) atoms. The fraction of sp³-hybridized carbons (Fsp3) is 0.278. The molecule has 0 saturated heterocycles. The van der Waals surface area contributed by atoms with Gasteiger partial charge in [-0.25, -0.2) is 9.18 Å². The van der Waals surface area contributed by atoms with Crippen molar-refractivity contribution in [2.75, 3.05) is 5.32 Å². The average Bonchev–Trinajstić information content (AvgIpc) is 2.48. The lowest BCUT2D eigenvalue weighted by atomic mass is 9.73. The van der Waals surface area contributed by atoms with Gasteiger partial charge in [0.2, 0.25) is 0 Å². The van der Waals surface area contributed by atoms with Crippen molar-refractivity contribution >= 4 is 27.6 Å². The Balaban J connectivity index is 2.01. The second kappa shape index (κ2) is 5.64. The highest BCUT2D eigenvalue weighted by Crippen LogP contribution is 2.45. The first-order chi connectivity index (χ1) is 10.8. The van der Waals surface area contributed by atoms with Crippen LogP contribution in [0.2, 0.25) is 0 Å². The molecule has 2 aromatic rings. The Kier molecular flexibility index (Phi) is 3.92. The summed E-state index contributed by atoms with van der Waals surface area (Å²) in [4.78, 5) is 11.1. The fourth-order valence-electron chi connectivity index (χ4n) is 3.18. The summed E-state index contributed by atoms with van der Waals surface area (Å²) in [5.74, 6) is -1.20. The molecule has 0 saturated carbocycles. The SMILES string of the molecule is CC1(C)Cc2cc(C(=O)O)ccc2NC1c1ccc(F)c(Br)c1. The van der Waals surface area contributed by atoms with Crippen LogP contribution in [0.3, 0.4) is 0 Å². The van der Waals surface area contributed by atoms with E-state index in [2.05, 4.69) is 35.1 Å². The summed E-state index contributed by atoms with van der Waals surface area (Å²) in [5.41, 5.74) is 3.08. The molecule has 2 aromatic carbocycles. The zero-order valence-electron chi connectivity index (χ0n) is 12.9. The maximum Gasteiger partial charge on any atom is 0.335 e. The van der Waals surface area contributed by atoms with E-state index in [9.17, 15) is 9.18 Å². The molecule has 1 aliphatic rings. The molecule has 1 unspecified atom stereocenters. The Morgan fingerprint density at radius 3 is 2.70 bits per heavy atom. The number of nitrogens with one attached hydrogen (secondary N) is 1. The van der Waals surface area contributed by atoms with E-state index in [1.54, 1.807) is 30.3 Å². The molecule has 0 aromatic heterocycles. The molecule has 5 heteroatoms. The number of carboxylic acids is 1. The number of halogens is 2. The van der Waals surface area contributed by atoms with Crippen LogP contribution in [-0.2, 0) is 6.42 Å². The van der Waals surface area contributed by atoms with Gasteiger partial charge in [0, 0.05) is 5.69 Å². The number of carboxylic acid groups (broad SMARTS) is 1. The van der Waals surface area contributed by atoms with E-state index in [1.807, 2.05) is 0 Å². The van der Waals surface area contributed by atoms with E-state index >= 15 is 0 Å². The van der Waals surface area contributed by atoms with Crippen molar-refractivity contribution in [3.63, 3.8) is 0 Å². The quantitative estimate of drug-likeness (QED) is 0.771. The van der Waals surface area contributed by atoms with Crippen LogP contribution in [0, 0.1) is 11.2 Å². The third-order valence-corrected chi connectivity index (χ3v) is 4.96. The van der Waals surface area contributed by atoms with Gasteiger partial charge in [0.25, 0.3) is 0 Å². The molecule has 0 amide bonds. The van der Waals surface area contributed by atoms with Crippen LogP contribution < -0.4 is 5.32 Å². The second-order valence-corrected chi connectivity index (χ2v) is 7.45. The van der Waals surface area contributed by atoms with Gasteiger partial charge in [0.05, 0.1) is 16.1 Å². The largest absolute Gasteiger partial charge is 0.478 e. The Morgan fingerprint density at radius 2 is 2.04 bits per heavy atom. The van der Waals surface area contributed by atoms with E-state index in [4.69, 9.17) is 5.11 Å². The number of carbonyl (C=O) groups is 1. The van der Waals surface area contributed by atoms with E-state index < -0.39 is 5.97 Å². The summed E-state index contributed by atoms with van der Waals surface area (Å²) in [5, 5.41) is 12.6. The van der Waals surface area contributed by atoms with Crippen LogP contribution in [0.5, 0.6) is 0 Å². The first-order valence-electron chi connectivity index (χ1n) is 7.35. The van der Waals surface area contributed by atoms with Crippen molar-refractivity contribution in [2.45, 2.75) is 26.3 Å². The van der Waals surface area contributed by atoms with Crippen molar-refractivity contribution in [2.24, 2.45) is 5.41 Å².